The lowest BCUT2D eigenvalue weighted by molar-refractivity contribution is -0.117. The van der Waals surface area contributed by atoms with Crippen LogP contribution in [-0.2, 0) is 11.3 Å². The van der Waals surface area contributed by atoms with Gasteiger partial charge in [-0.1, -0.05) is 47.5 Å². The quantitative estimate of drug-likeness (QED) is 0.465. The molecule has 28 heavy (non-hydrogen) atoms. The molecule has 3 aromatic rings. The van der Waals surface area contributed by atoms with Gasteiger partial charge in [-0.25, -0.2) is 0 Å². The minimum Gasteiger partial charge on any atom is -0.349 e. The number of benzene rings is 2. The van der Waals surface area contributed by atoms with E-state index in [1.165, 1.54) is 0 Å². The van der Waals surface area contributed by atoms with Crippen LogP contribution in [0.4, 0.5) is 0 Å². The fourth-order valence-corrected chi connectivity index (χ4v) is 3.47. The number of nitrogens with one attached hydrogen (secondary N) is 1. The molecule has 4 nitrogen and oxygen atoms in total. The number of carbonyl (C=O) groups is 1. The van der Waals surface area contributed by atoms with Gasteiger partial charge in [-0.2, -0.15) is 5.26 Å². The van der Waals surface area contributed by atoms with Crippen LogP contribution in [0.1, 0.15) is 24.0 Å². The molecule has 1 aliphatic rings. The number of para-hydroxylation sites is 1. The zero-order valence-electron chi connectivity index (χ0n) is 15.0. The van der Waals surface area contributed by atoms with Crippen LogP contribution in [0.3, 0.4) is 0 Å². The Labute approximate surface area is 173 Å². The smallest absolute Gasteiger partial charge is 0.262 e. The molecule has 0 unspecified atom stereocenters. The molecule has 1 saturated carbocycles. The Balaban J connectivity index is 1.71. The van der Waals surface area contributed by atoms with Crippen molar-refractivity contribution in [1.29, 1.82) is 5.26 Å². The minimum absolute atomic E-state index is 0.115. The molecule has 1 N–H and O–H groups in total. The summed E-state index contributed by atoms with van der Waals surface area (Å²) in [4.78, 5) is 12.3. The molecule has 0 atom stereocenters. The Kier molecular flexibility index (Phi) is 5.13. The molecule has 1 fully saturated rings. The number of halogens is 2. The summed E-state index contributed by atoms with van der Waals surface area (Å²) in [5.74, 6) is -0.314. The number of hydrogen-bond donors (Lipinski definition) is 1. The average Bonchev–Trinajstić information content (AvgIpc) is 3.44. The van der Waals surface area contributed by atoms with Crippen molar-refractivity contribution >= 4 is 46.1 Å². The largest absolute Gasteiger partial charge is 0.349 e. The van der Waals surface area contributed by atoms with E-state index >= 15 is 0 Å². The highest BCUT2D eigenvalue weighted by molar-refractivity contribution is 6.42. The van der Waals surface area contributed by atoms with E-state index in [1.54, 1.807) is 12.1 Å². The summed E-state index contributed by atoms with van der Waals surface area (Å²) in [6.45, 7) is 0.599. The molecule has 4 rings (SSSR count). The van der Waals surface area contributed by atoms with Gasteiger partial charge >= 0.3 is 0 Å². The van der Waals surface area contributed by atoms with Crippen molar-refractivity contribution in [2.24, 2.45) is 0 Å². The number of amides is 1. The van der Waals surface area contributed by atoms with Gasteiger partial charge < -0.3 is 9.88 Å². The van der Waals surface area contributed by atoms with Crippen molar-refractivity contribution in [3.8, 4) is 6.07 Å². The maximum atomic E-state index is 12.3. The summed E-state index contributed by atoms with van der Waals surface area (Å²) in [6, 6.07) is 15.7. The zero-order valence-corrected chi connectivity index (χ0v) is 16.5. The van der Waals surface area contributed by atoms with Crippen LogP contribution in [0.2, 0.25) is 10.0 Å². The van der Waals surface area contributed by atoms with Gasteiger partial charge in [0, 0.05) is 35.2 Å². The number of hydrogen-bond acceptors (Lipinski definition) is 2. The van der Waals surface area contributed by atoms with E-state index in [4.69, 9.17) is 23.2 Å². The first kappa shape index (κ1) is 18.6. The molecule has 0 radical (unpaired) electrons. The van der Waals surface area contributed by atoms with Crippen molar-refractivity contribution in [3.63, 3.8) is 0 Å². The highest BCUT2D eigenvalue weighted by Gasteiger charge is 2.25. The van der Waals surface area contributed by atoms with E-state index in [2.05, 4.69) is 9.88 Å². The van der Waals surface area contributed by atoms with Crippen LogP contribution in [0.15, 0.2) is 54.2 Å². The number of rotatable bonds is 5. The summed E-state index contributed by atoms with van der Waals surface area (Å²) in [6.07, 6.45) is 5.57. The van der Waals surface area contributed by atoms with Gasteiger partial charge in [0.25, 0.3) is 5.91 Å². The Morgan fingerprint density at radius 3 is 2.71 bits per heavy atom. The monoisotopic (exact) mass is 409 g/mol. The van der Waals surface area contributed by atoms with Crippen LogP contribution in [0, 0.1) is 11.3 Å². The second-order valence-corrected chi connectivity index (χ2v) is 7.71. The first-order chi connectivity index (χ1) is 13.5. The lowest BCUT2D eigenvalue weighted by Crippen LogP contribution is -2.26. The Hall–Kier alpha value is -2.74. The second kappa shape index (κ2) is 7.71. The summed E-state index contributed by atoms with van der Waals surface area (Å²) in [5, 5.41) is 14.3. The van der Waals surface area contributed by atoms with Crippen molar-refractivity contribution in [2.75, 3.05) is 0 Å². The molecule has 1 heterocycles. The normalized spacial score (nSPS) is 14.1. The minimum atomic E-state index is -0.314. The van der Waals surface area contributed by atoms with Gasteiger partial charge in [-0.3, -0.25) is 4.79 Å². The molecular formula is C22H17Cl2N3O. The van der Waals surface area contributed by atoms with Gasteiger partial charge in [0.1, 0.15) is 11.6 Å². The van der Waals surface area contributed by atoms with Gasteiger partial charge in [0.15, 0.2) is 0 Å². The standard InChI is InChI=1S/C22H17Cl2N3O/c23-19-8-5-14(9-20(19)24)12-27-13-16(18-3-1-2-4-21(18)27)10-15(11-25)22(28)26-17-6-7-17/h1-5,8-10,13,17H,6-7,12H2,(H,26,28)/b15-10+. The molecule has 0 saturated heterocycles. The molecule has 2 aromatic carbocycles. The highest BCUT2D eigenvalue weighted by Crippen LogP contribution is 2.27. The van der Waals surface area contributed by atoms with E-state index < -0.39 is 0 Å². The van der Waals surface area contributed by atoms with Crippen molar-refractivity contribution in [2.45, 2.75) is 25.4 Å². The van der Waals surface area contributed by atoms with Crippen LogP contribution in [0.5, 0.6) is 0 Å². The molecule has 6 heteroatoms. The van der Waals surface area contributed by atoms with Crippen LogP contribution in [-0.4, -0.2) is 16.5 Å². The molecular weight excluding hydrogens is 393 g/mol. The Bertz CT molecular complexity index is 1140. The number of nitriles is 1. The highest BCUT2D eigenvalue weighted by atomic mass is 35.5. The van der Waals surface area contributed by atoms with Crippen molar-refractivity contribution in [3.05, 3.63) is 75.4 Å². The third-order valence-corrected chi connectivity index (χ3v) is 5.47. The third kappa shape index (κ3) is 3.91. The van der Waals surface area contributed by atoms with Crippen molar-refractivity contribution in [1.82, 2.24) is 9.88 Å². The number of nitrogens with zero attached hydrogens (tertiary/aromatic N) is 2. The van der Waals surface area contributed by atoms with E-state index in [-0.39, 0.29) is 17.5 Å². The van der Waals surface area contributed by atoms with E-state index in [9.17, 15) is 10.1 Å². The Morgan fingerprint density at radius 2 is 2.00 bits per heavy atom. The van der Waals surface area contributed by atoms with Crippen LogP contribution < -0.4 is 5.32 Å². The summed E-state index contributed by atoms with van der Waals surface area (Å²) >= 11 is 12.2. The van der Waals surface area contributed by atoms with Crippen molar-refractivity contribution < 1.29 is 4.79 Å². The number of aromatic nitrogens is 1. The molecule has 1 aromatic heterocycles. The summed E-state index contributed by atoms with van der Waals surface area (Å²) < 4.78 is 2.08. The molecule has 140 valence electrons. The molecule has 0 bridgehead atoms. The van der Waals surface area contributed by atoms with E-state index in [0.717, 1.165) is 34.9 Å². The van der Waals surface area contributed by atoms with Gasteiger partial charge in [0.2, 0.25) is 0 Å². The topological polar surface area (TPSA) is 57.8 Å². The van der Waals surface area contributed by atoms with Gasteiger partial charge in [0.05, 0.1) is 10.0 Å². The first-order valence-electron chi connectivity index (χ1n) is 8.99. The van der Waals surface area contributed by atoms with E-state index in [1.807, 2.05) is 48.7 Å². The summed E-state index contributed by atoms with van der Waals surface area (Å²) in [7, 11) is 0. The van der Waals surface area contributed by atoms with E-state index in [0.29, 0.717) is 16.6 Å². The molecule has 1 amide bonds. The summed E-state index contributed by atoms with van der Waals surface area (Å²) in [5.41, 5.74) is 2.97. The van der Waals surface area contributed by atoms with Crippen LogP contribution in [0.25, 0.3) is 17.0 Å². The Morgan fingerprint density at radius 1 is 1.21 bits per heavy atom. The number of fused-ring (bicyclic) bond motifs is 1. The number of carbonyl (C=O) groups excluding carboxylic acids is 1. The fraction of sp³-hybridized carbons (Fsp3) is 0.182. The lowest BCUT2D eigenvalue weighted by Gasteiger charge is -2.06. The SMILES string of the molecule is N#C/C(=C\c1cn(Cc2ccc(Cl)c(Cl)c2)c2ccccc12)C(=O)NC1CC1. The average molecular weight is 410 g/mol. The zero-order chi connectivity index (χ0) is 19.7. The first-order valence-corrected chi connectivity index (χ1v) is 9.75. The maximum absolute atomic E-state index is 12.3. The van der Waals surface area contributed by atoms with Crippen LogP contribution >= 0.6 is 23.2 Å². The maximum Gasteiger partial charge on any atom is 0.262 e. The fourth-order valence-electron chi connectivity index (χ4n) is 3.15. The predicted molar refractivity (Wildman–Crippen MR) is 112 cm³/mol. The second-order valence-electron chi connectivity index (χ2n) is 6.90. The molecule has 0 aliphatic heterocycles. The molecule has 1 aliphatic carbocycles. The molecule has 0 spiro atoms. The van der Waals surface area contributed by atoms with Gasteiger partial charge in [-0.05, 0) is 42.7 Å². The van der Waals surface area contributed by atoms with Gasteiger partial charge in [-0.15, -0.1) is 0 Å². The lowest BCUT2D eigenvalue weighted by atomic mass is 10.1. The third-order valence-electron chi connectivity index (χ3n) is 4.73. The predicted octanol–water partition coefficient (Wildman–Crippen LogP) is 5.18.